The predicted octanol–water partition coefficient (Wildman–Crippen LogP) is 5.61. The lowest BCUT2D eigenvalue weighted by Gasteiger charge is -2.18. The van der Waals surface area contributed by atoms with E-state index in [9.17, 15) is 4.79 Å². The summed E-state index contributed by atoms with van der Waals surface area (Å²) in [5.41, 5.74) is 2.34. The van der Waals surface area contributed by atoms with E-state index in [1.54, 1.807) is 37.5 Å². The number of fused-ring (bicyclic) bond motifs is 1. The molecule has 0 radical (unpaired) electrons. The van der Waals surface area contributed by atoms with Crippen LogP contribution >= 0.6 is 23.2 Å². The molecule has 4 aromatic rings. The number of nitrogens with zero attached hydrogens (tertiary/aromatic N) is 4. The van der Waals surface area contributed by atoms with Crippen LogP contribution in [0.4, 0.5) is 0 Å². The second kappa shape index (κ2) is 11.2. The Kier molecular flexibility index (Phi) is 8.06. The first-order valence-electron chi connectivity index (χ1n) is 11.6. The van der Waals surface area contributed by atoms with Gasteiger partial charge in [0, 0.05) is 37.2 Å². The summed E-state index contributed by atoms with van der Waals surface area (Å²) in [5.74, 6) is 1.47. The highest BCUT2D eigenvalue weighted by Crippen LogP contribution is 2.33. The van der Waals surface area contributed by atoms with Crippen LogP contribution in [0.1, 0.15) is 25.2 Å². The summed E-state index contributed by atoms with van der Waals surface area (Å²) in [6.07, 6.45) is 2.28. The zero-order valence-corrected chi connectivity index (χ0v) is 21.6. The van der Waals surface area contributed by atoms with Gasteiger partial charge >= 0.3 is 0 Å². The van der Waals surface area contributed by atoms with Crippen molar-refractivity contribution in [2.45, 2.75) is 20.3 Å². The highest BCUT2D eigenvalue weighted by Gasteiger charge is 2.16. The van der Waals surface area contributed by atoms with E-state index in [4.69, 9.17) is 27.9 Å². The van der Waals surface area contributed by atoms with Gasteiger partial charge in [0.05, 0.1) is 15.6 Å². The van der Waals surface area contributed by atoms with Gasteiger partial charge in [-0.1, -0.05) is 55.2 Å². The number of ether oxygens (including phenoxy) is 1. The fourth-order valence-corrected chi connectivity index (χ4v) is 4.62. The fourth-order valence-electron chi connectivity index (χ4n) is 4.02. The third-order valence-electron chi connectivity index (χ3n) is 6.09. The molecule has 2 heterocycles. The van der Waals surface area contributed by atoms with Crippen LogP contribution in [-0.2, 0) is 13.5 Å². The summed E-state index contributed by atoms with van der Waals surface area (Å²) < 4.78 is 7.38. The zero-order valence-electron chi connectivity index (χ0n) is 20.1. The predicted molar refractivity (Wildman–Crippen MR) is 143 cm³/mol. The molecule has 0 saturated carbocycles. The molecular formula is C27H28Cl2N4O2. The van der Waals surface area contributed by atoms with Gasteiger partial charge in [0.15, 0.2) is 0 Å². The third-order valence-corrected chi connectivity index (χ3v) is 6.72. The Labute approximate surface area is 215 Å². The second-order valence-corrected chi connectivity index (χ2v) is 9.09. The average Bonchev–Trinajstić information content (AvgIpc) is 2.86. The van der Waals surface area contributed by atoms with Gasteiger partial charge in [-0.2, -0.15) is 0 Å². The van der Waals surface area contributed by atoms with Crippen LogP contribution in [0.15, 0.2) is 59.5 Å². The molecule has 0 unspecified atom stereocenters. The van der Waals surface area contributed by atoms with Crippen LogP contribution in [0.5, 0.6) is 5.75 Å². The molecule has 0 fully saturated rings. The van der Waals surface area contributed by atoms with Gasteiger partial charge < -0.3 is 9.64 Å². The molecule has 0 aliphatic carbocycles. The van der Waals surface area contributed by atoms with Crippen LogP contribution in [0.25, 0.3) is 22.2 Å². The van der Waals surface area contributed by atoms with E-state index in [1.165, 1.54) is 4.57 Å². The maximum atomic E-state index is 13.1. The molecule has 2 aromatic heterocycles. The van der Waals surface area contributed by atoms with Crippen molar-refractivity contribution < 1.29 is 4.74 Å². The standard InChI is InChI=1S/C27H28Cl2N4O2/c1-4-33(5-2)13-14-35-20-11-9-18(10-12-20)15-24-30-17-19-16-21(27(34)32(3)26(19)31-24)25-22(28)7-6-8-23(25)29/h6-12,16-17H,4-5,13-15H2,1-3H3. The quantitative estimate of drug-likeness (QED) is 0.292. The van der Waals surface area contributed by atoms with E-state index in [0.717, 1.165) is 36.3 Å². The van der Waals surface area contributed by atoms with Crippen LogP contribution in [0, 0.1) is 0 Å². The molecule has 182 valence electrons. The number of benzene rings is 2. The van der Waals surface area contributed by atoms with Gasteiger partial charge in [-0.25, -0.2) is 9.97 Å². The average molecular weight is 511 g/mol. The Morgan fingerprint density at radius 2 is 1.71 bits per heavy atom. The number of hydrogen-bond donors (Lipinski definition) is 0. The molecule has 6 nitrogen and oxygen atoms in total. The Bertz CT molecular complexity index is 1360. The van der Waals surface area contributed by atoms with Crippen molar-refractivity contribution in [3.63, 3.8) is 0 Å². The smallest absolute Gasteiger partial charge is 0.259 e. The molecule has 0 aliphatic rings. The monoisotopic (exact) mass is 510 g/mol. The number of halogens is 2. The number of aryl methyl sites for hydroxylation is 1. The fraction of sp³-hybridized carbons (Fsp3) is 0.296. The topological polar surface area (TPSA) is 60.2 Å². The molecule has 0 N–H and O–H groups in total. The summed E-state index contributed by atoms with van der Waals surface area (Å²) in [5, 5.41) is 1.58. The maximum Gasteiger partial charge on any atom is 0.259 e. The van der Waals surface area contributed by atoms with Gasteiger partial charge in [-0.15, -0.1) is 0 Å². The Hall–Kier alpha value is -2.93. The maximum absolute atomic E-state index is 13.1. The van der Waals surface area contributed by atoms with E-state index in [2.05, 4.69) is 28.7 Å². The van der Waals surface area contributed by atoms with E-state index in [-0.39, 0.29) is 5.56 Å². The molecule has 0 aliphatic heterocycles. The van der Waals surface area contributed by atoms with Gasteiger partial charge in [0.1, 0.15) is 23.8 Å². The minimum atomic E-state index is -0.219. The largest absolute Gasteiger partial charge is 0.492 e. The number of hydrogen-bond acceptors (Lipinski definition) is 5. The van der Waals surface area contributed by atoms with E-state index < -0.39 is 0 Å². The molecule has 8 heteroatoms. The summed E-state index contributed by atoms with van der Waals surface area (Å²) in [6, 6.07) is 14.9. The third kappa shape index (κ3) is 5.67. The Morgan fingerprint density at radius 1 is 1.03 bits per heavy atom. The molecule has 2 aromatic carbocycles. The summed E-state index contributed by atoms with van der Waals surface area (Å²) in [4.78, 5) is 24.7. The summed E-state index contributed by atoms with van der Waals surface area (Å²) in [6.45, 7) is 7.90. The SMILES string of the molecule is CCN(CC)CCOc1ccc(Cc2ncc3cc(-c4c(Cl)cccc4Cl)c(=O)n(C)c3n2)cc1. The van der Waals surface area contributed by atoms with Crippen molar-refractivity contribution >= 4 is 34.2 Å². The Morgan fingerprint density at radius 3 is 2.37 bits per heavy atom. The molecule has 0 atom stereocenters. The first-order chi connectivity index (χ1) is 16.9. The van der Waals surface area contributed by atoms with E-state index in [1.807, 2.05) is 24.3 Å². The van der Waals surface area contributed by atoms with E-state index in [0.29, 0.717) is 45.7 Å². The van der Waals surface area contributed by atoms with Gasteiger partial charge in [0.2, 0.25) is 0 Å². The second-order valence-electron chi connectivity index (χ2n) is 8.28. The minimum Gasteiger partial charge on any atom is -0.492 e. The van der Waals surface area contributed by atoms with Crippen LogP contribution < -0.4 is 10.3 Å². The lowest BCUT2D eigenvalue weighted by atomic mass is 10.1. The van der Waals surface area contributed by atoms with Crippen molar-refractivity contribution in [2.24, 2.45) is 7.05 Å². The molecule has 4 rings (SSSR count). The van der Waals surface area contributed by atoms with Gasteiger partial charge in [-0.3, -0.25) is 9.36 Å². The van der Waals surface area contributed by atoms with Crippen LogP contribution in [-0.4, -0.2) is 45.7 Å². The molecular weight excluding hydrogens is 483 g/mol. The first kappa shape index (κ1) is 25.2. The normalized spacial score (nSPS) is 11.4. The van der Waals surface area contributed by atoms with Crippen LogP contribution in [0.2, 0.25) is 10.0 Å². The summed E-state index contributed by atoms with van der Waals surface area (Å²) >= 11 is 12.7. The van der Waals surface area contributed by atoms with Crippen LogP contribution in [0.3, 0.4) is 0 Å². The van der Waals surface area contributed by atoms with Crippen molar-refractivity contribution in [3.05, 3.63) is 86.5 Å². The number of likely N-dealkylation sites (N-methyl/N-ethyl adjacent to an activating group) is 1. The zero-order chi connectivity index (χ0) is 24.9. The van der Waals surface area contributed by atoms with Crippen molar-refractivity contribution in [1.29, 1.82) is 0 Å². The van der Waals surface area contributed by atoms with Crippen molar-refractivity contribution in [1.82, 2.24) is 19.4 Å². The van der Waals surface area contributed by atoms with E-state index >= 15 is 0 Å². The lowest BCUT2D eigenvalue weighted by molar-refractivity contribution is 0.223. The van der Waals surface area contributed by atoms with Gasteiger partial charge in [-0.05, 0) is 49.0 Å². The highest BCUT2D eigenvalue weighted by atomic mass is 35.5. The van der Waals surface area contributed by atoms with Crippen molar-refractivity contribution in [2.75, 3.05) is 26.2 Å². The number of rotatable bonds is 9. The van der Waals surface area contributed by atoms with Gasteiger partial charge in [0.25, 0.3) is 5.56 Å². The molecule has 0 saturated heterocycles. The molecule has 35 heavy (non-hydrogen) atoms. The lowest BCUT2D eigenvalue weighted by Crippen LogP contribution is -2.27. The first-order valence-corrected chi connectivity index (χ1v) is 12.4. The summed E-state index contributed by atoms with van der Waals surface area (Å²) in [7, 11) is 1.69. The number of pyridine rings is 1. The molecule has 0 bridgehead atoms. The minimum absolute atomic E-state index is 0.219. The molecule has 0 amide bonds. The highest BCUT2D eigenvalue weighted by molar-refractivity contribution is 6.39. The molecule has 0 spiro atoms. The number of aromatic nitrogens is 3. The Balaban J connectivity index is 1.53. The van der Waals surface area contributed by atoms with Crippen molar-refractivity contribution in [3.8, 4) is 16.9 Å².